The summed E-state index contributed by atoms with van der Waals surface area (Å²) in [5.41, 5.74) is 2.60. The highest BCUT2D eigenvalue weighted by Gasteiger charge is 2.60. The molecule has 8 nitrogen and oxygen atoms in total. The van der Waals surface area contributed by atoms with E-state index in [-0.39, 0.29) is 11.6 Å². The number of carbonyl (C=O) groups excluding carboxylic acids is 2. The molecule has 0 N–H and O–H groups in total. The van der Waals surface area contributed by atoms with Gasteiger partial charge in [0.2, 0.25) is 5.91 Å². The van der Waals surface area contributed by atoms with E-state index in [1.54, 1.807) is 24.3 Å². The molecular weight excluding hydrogens is 410 g/mol. The van der Waals surface area contributed by atoms with Crippen molar-refractivity contribution in [1.82, 2.24) is 0 Å². The van der Waals surface area contributed by atoms with Crippen molar-refractivity contribution in [2.24, 2.45) is 5.92 Å². The Morgan fingerprint density at radius 3 is 2.28 bits per heavy atom. The van der Waals surface area contributed by atoms with Gasteiger partial charge in [-0.2, -0.15) is 0 Å². The van der Waals surface area contributed by atoms with E-state index in [0.717, 1.165) is 11.1 Å². The lowest BCUT2D eigenvalue weighted by Gasteiger charge is -2.28. The first-order valence-electron chi connectivity index (χ1n) is 10.2. The molecule has 3 aromatic carbocycles. The zero-order valence-corrected chi connectivity index (χ0v) is 17.1. The molecule has 8 heteroatoms. The Labute approximate surface area is 183 Å². The number of hydrogen-bond donors (Lipinski definition) is 0. The SMILES string of the molecule is Cc1ccc(N2C(=O)[C@@H]3[C@@H](c4ccccc4)N(c4cccc([N+](=O)[O-])c4)O[C@H]3C2=O)cc1. The Morgan fingerprint density at radius 2 is 1.59 bits per heavy atom. The molecule has 0 aliphatic carbocycles. The number of imide groups is 1. The summed E-state index contributed by atoms with van der Waals surface area (Å²) in [7, 11) is 0. The molecule has 32 heavy (non-hydrogen) atoms. The second kappa shape index (κ2) is 7.58. The van der Waals surface area contributed by atoms with Gasteiger partial charge in [-0.25, -0.2) is 9.96 Å². The lowest BCUT2D eigenvalue weighted by molar-refractivity contribution is -0.384. The number of hydroxylamine groups is 1. The van der Waals surface area contributed by atoms with Crippen LogP contribution in [0, 0.1) is 23.0 Å². The summed E-state index contributed by atoms with van der Waals surface area (Å²) < 4.78 is 0. The quantitative estimate of drug-likeness (QED) is 0.354. The minimum atomic E-state index is -1.02. The zero-order valence-electron chi connectivity index (χ0n) is 17.1. The molecule has 3 atom stereocenters. The smallest absolute Gasteiger partial charge is 0.271 e. The number of benzene rings is 3. The molecule has 5 rings (SSSR count). The number of amides is 2. The molecule has 0 aromatic heterocycles. The number of fused-ring (bicyclic) bond motifs is 1. The normalized spacial score (nSPS) is 22.3. The first-order chi connectivity index (χ1) is 15.5. The van der Waals surface area contributed by atoms with Crippen LogP contribution in [0.4, 0.5) is 17.1 Å². The lowest BCUT2D eigenvalue weighted by Crippen LogP contribution is -2.37. The van der Waals surface area contributed by atoms with Crippen LogP contribution in [0.3, 0.4) is 0 Å². The maximum absolute atomic E-state index is 13.5. The van der Waals surface area contributed by atoms with Crippen molar-refractivity contribution in [3.8, 4) is 0 Å². The van der Waals surface area contributed by atoms with Gasteiger partial charge in [0.25, 0.3) is 11.6 Å². The maximum atomic E-state index is 13.5. The second-order valence-electron chi connectivity index (χ2n) is 7.86. The number of nitrogens with zero attached hydrogens (tertiary/aromatic N) is 3. The van der Waals surface area contributed by atoms with Gasteiger partial charge in [-0.15, -0.1) is 0 Å². The van der Waals surface area contributed by atoms with E-state index in [1.165, 1.54) is 22.1 Å². The van der Waals surface area contributed by atoms with Crippen LogP contribution in [0.1, 0.15) is 17.2 Å². The van der Waals surface area contributed by atoms with Gasteiger partial charge < -0.3 is 0 Å². The molecule has 0 radical (unpaired) electrons. The molecule has 2 amide bonds. The van der Waals surface area contributed by atoms with Crippen LogP contribution in [0.15, 0.2) is 78.9 Å². The van der Waals surface area contributed by atoms with Crippen LogP contribution in [-0.2, 0) is 14.4 Å². The summed E-state index contributed by atoms with van der Waals surface area (Å²) in [5, 5.41) is 12.7. The third kappa shape index (κ3) is 3.12. The van der Waals surface area contributed by atoms with Crippen molar-refractivity contribution in [2.75, 3.05) is 9.96 Å². The Hall–Kier alpha value is -4.04. The molecule has 2 heterocycles. The summed E-state index contributed by atoms with van der Waals surface area (Å²) in [6.45, 7) is 1.93. The minimum Gasteiger partial charge on any atom is -0.273 e. The molecule has 2 aliphatic heterocycles. The highest BCUT2D eigenvalue weighted by Crippen LogP contribution is 2.47. The maximum Gasteiger partial charge on any atom is 0.271 e. The predicted octanol–water partition coefficient (Wildman–Crippen LogP) is 3.95. The number of hydrogen-bond acceptors (Lipinski definition) is 6. The van der Waals surface area contributed by atoms with E-state index in [0.29, 0.717) is 11.4 Å². The van der Waals surface area contributed by atoms with Gasteiger partial charge in [-0.3, -0.25) is 24.5 Å². The average molecular weight is 429 g/mol. The molecule has 0 bridgehead atoms. The molecular formula is C24H19N3O5. The van der Waals surface area contributed by atoms with Crippen LogP contribution in [0.25, 0.3) is 0 Å². The molecule has 2 aliphatic rings. The molecule has 0 unspecified atom stereocenters. The molecule has 0 saturated carbocycles. The summed E-state index contributed by atoms with van der Waals surface area (Å²) in [5.74, 6) is -1.59. The second-order valence-corrected chi connectivity index (χ2v) is 7.86. The fraction of sp³-hybridized carbons (Fsp3) is 0.167. The first-order valence-corrected chi connectivity index (χ1v) is 10.2. The van der Waals surface area contributed by atoms with E-state index in [9.17, 15) is 19.7 Å². The summed E-state index contributed by atoms with van der Waals surface area (Å²) >= 11 is 0. The number of nitro groups is 1. The van der Waals surface area contributed by atoms with Crippen molar-refractivity contribution in [3.05, 3.63) is 100 Å². The van der Waals surface area contributed by atoms with Crippen LogP contribution >= 0.6 is 0 Å². The number of non-ortho nitro benzene ring substituents is 1. The number of nitro benzene ring substituents is 1. The van der Waals surface area contributed by atoms with E-state index in [2.05, 4.69) is 0 Å². The fourth-order valence-electron chi connectivity index (χ4n) is 4.32. The number of anilines is 2. The largest absolute Gasteiger partial charge is 0.273 e. The van der Waals surface area contributed by atoms with Crippen molar-refractivity contribution in [1.29, 1.82) is 0 Å². The van der Waals surface area contributed by atoms with Crippen LogP contribution < -0.4 is 9.96 Å². The van der Waals surface area contributed by atoms with Crippen molar-refractivity contribution in [2.45, 2.75) is 19.1 Å². The Morgan fingerprint density at radius 1 is 0.875 bits per heavy atom. The van der Waals surface area contributed by atoms with Crippen LogP contribution in [0.5, 0.6) is 0 Å². The van der Waals surface area contributed by atoms with Gasteiger partial charge in [0.15, 0.2) is 6.10 Å². The molecule has 2 fully saturated rings. The number of rotatable bonds is 4. The minimum absolute atomic E-state index is 0.103. The predicted molar refractivity (Wildman–Crippen MR) is 117 cm³/mol. The third-order valence-electron chi connectivity index (χ3n) is 5.84. The van der Waals surface area contributed by atoms with Gasteiger partial charge in [0.05, 0.1) is 22.3 Å². The standard InChI is InChI=1S/C24H19N3O5/c1-15-10-12-17(13-11-15)25-23(28)20-21(16-6-3-2-4-7-16)26(32-22(20)24(25)29)18-8-5-9-19(14-18)27(30)31/h2-14,20-22H,1H3/t20-,21-,22-/m1/s1. The molecule has 3 aromatic rings. The van der Waals surface area contributed by atoms with Crippen molar-refractivity contribution in [3.63, 3.8) is 0 Å². The Bertz CT molecular complexity index is 1210. The van der Waals surface area contributed by atoms with Gasteiger partial charge >= 0.3 is 0 Å². The molecule has 0 spiro atoms. The fourth-order valence-corrected chi connectivity index (χ4v) is 4.32. The van der Waals surface area contributed by atoms with Crippen molar-refractivity contribution < 1.29 is 19.3 Å². The van der Waals surface area contributed by atoms with E-state index < -0.39 is 28.9 Å². The summed E-state index contributed by atoms with van der Waals surface area (Å²) in [4.78, 5) is 44.8. The van der Waals surface area contributed by atoms with E-state index in [4.69, 9.17) is 4.84 Å². The van der Waals surface area contributed by atoms with Crippen LogP contribution in [-0.4, -0.2) is 22.8 Å². The Kier molecular flexibility index (Phi) is 4.71. The van der Waals surface area contributed by atoms with Gasteiger partial charge in [-0.05, 0) is 30.7 Å². The molecule has 2 saturated heterocycles. The first kappa shape index (κ1) is 19.9. The highest BCUT2D eigenvalue weighted by atomic mass is 16.7. The lowest BCUT2D eigenvalue weighted by atomic mass is 9.90. The third-order valence-corrected chi connectivity index (χ3v) is 5.84. The van der Waals surface area contributed by atoms with Gasteiger partial charge in [0, 0.05) is 12.1 Å². The average Bonchev–Trinajstić information content (AvgIpc) is 3.31. The van der Waals surface area contributed by atoms with E-state index >= 15 is 0 Å². The van der Waals surface area contributed by atoms with Crippen molar-refractivity contribution >= 4 is 28.9 Å². The number of aryl methyl sites for hydroxylation is 1. The van der Waals surface area contributed by atoms with E-state index in [1.807, 2.05) is 49.4 Å². The highest BCUT2D eigenvalue weighted by molar-refractivity contribution is 6.23. The van der Waals surface area contributed by atoms with Gasteiger partial charge in [-0.1, -0.05) is 54.1 Å². The summed E-state index contributed by atoms with van der Waals surface area (Å²) in [6.07, 6.45) is -1.02. The molecule has 160 valence electrons. The summed E-state index contributed by atoms with van der Waals surface area (Å²) in [6, 6.07) is 21.8. The van der Waals surface area contributed by atoms with Crippen LogP contribution in [0.2, 0.25) is 0 Å². The van der Waals surface area contributed by atoms with Gasteiger partial charge in [0.1, 0.15) is 5.92 Å². The zero-order chi connectivity index (χ0) is 22.4. The monoisotopic (exact) mass is 429 g/mol. The number of carbonyl (C=O) groups is 2. The Balaban J connectivity index is 1.58. The topological polar surface area (TPSA) is 93.0 Å².